The lowest BCUT2D eigenvalue weighted by Gasteiger charge is -2.36. The molecule has 0 fully saturated rings. The number of benzene rings is 7. The quantitative estimate of drug-likeness (QED) is 0.196. The van der Waals surface area contributed by atoms with Gasteiger partial charge in [0.1, 0.15) is 5.58 Å². The molecule has 2 nitrogen and oxygen atoms in total. The zero-order valence-corrected chi connectivity index (χ0v) is 27.6. The fourth-order valence-corrected chi connectivity index (χ4v) is 8.79. The molecule has 0 unspecified atom stereocenters. The van der Waals surface area contributed by atoms with Crippen LogP contribution in [0.15, 0.2) is 144 Å². The average molecular weight is 618 g/mol. The first-order valence-corrected chi connectivity index (χ1v) is 16.9. The largest absolute Gasteiger partial charge is 0.454 e. The molecule has 7 aromatic carbocycles. The monoisotopic (exact) mass is 617 g/mol. The topological polar surface area (TPSA) is 16.4 Å². The molecule has 0 saturated heterocycles. The Balaban J connectivity index is 1.18. The summed E-state index contributed by atoms with van der Waals surface area (Å²) in [4.78, 5) is 2.36. The van der Waals surface area contributed by atoms with Crippen LogP contribution in [0.4, 0.5) is 17.1 Å². The van der Waals surface area contributed by atoms with Crippen LogP contribution in [-0.4, -0.2) is 0 Å². The number of nitrogens with zero attached hydrogens (tertiary/aromatic N) is 1. The van der Waals surface area contributed by atoms with Crippen molar-refractivity contribution in [2.75, 3.05) is 4.90 Å². The van der Waals surface area contributed by atoms with E-state index in [1.165, 1.54) is 55.3 Å². The molecule has 0 N–H and O–H groups in total. The van der Waals surface area contributed by atoms with Gasteiger partial charge in [-0.05, 0) is 104 Å². The minimum Gasteiger partial charge on any atom is -0.454 e. The standard InChI is InChI=1S/C46H35NO/c1-45(2)37-20-11-14-28-13-10-18-33(43(28)37)36-27-39-35(26-40(36)45)31-24-23-30(25-38(31)46(39,3)4)47(29-15-6-5-7-16-29)41-21-12-19-34-32-17-8-9-22-42(32)48-44(34)41/h5-27H,1-4H3. The van der Waals surface area contributed by atoms with Crippen LogP contribution in [0.2, 0.25) is 0 Å². The smallest absolute Gasteiger partial charge is 0.159 e. The molecule has 0 aliphatic heterocycles. The van der Waals surface area contributed by atoms with Crippen LogP contribution in [0.3, 0.4) is 0 Å². The summed E-state index contributed by atoms with van der Waals surface area (Å²) in [6.45, 7) is 9.57. The molecule has 8 aromatic rings. The molecule has 2 aliphatic rings. The third kappa shape index (κ3) is 3.58. The van der Waals surface area contributed by atoms with E-state index in [-0.39, 0.29) is 10.8 Å². The summed E-state index contributed by atoms with van der Waals surface area (Å²) in [6, 6.07) is 51.1. The summed E-state index contributed by atoms with van der Waals surface area (Å²) in [5.74, 6) is 0. The van der Waals surface area contributed by atoms with E-state index < -0.39 is 0 Å². The van der Waals surface area contributed by atoms with Gasteiger partial charge in [0.25, 0.3) is 0 Å². The van der Waals surface area contributed by atoms with E-state index in [1.54, 1.807) is 0 Å². The van der Waals surface area contributed by atoms with Crippen LogP contribution in [0, 0.1) is 0 Å². The van der Waals surface area contributed by atoms with Gasteiger partial charge in [-0.2, -0.15) is 0 Å². The van der Waals surface area contributed by atoms with E-state index in [1.807, 2.05) is 6.07 Å². The normalized spacial score (nSPS) is 15.0. The van der Waals surface area contributed by atoms with Gasteiger partial charge in [-0.15, -0.1) is 0 Å². The summed E-state index contributed by atoms with van der Waals surface area (Å²) in [5.41, 5.74) is 15.7. The maximum atomic E-state index is 6.58. The Morgan fingerprint density at radius 1 is 0.458 bits per heavy atom. The third-order valence-electron chi connectivity index (χ3n) is 11.2. The van der Waals surface area contributed by atoms with Gasteiger partial charge >= 0.3 is 0 Å². The molecule has 0 spiro atoms. The highest BCUT2D eigenvalue weighted by Crippen LogP contribution is 2.56. The fraction of sp³-hybridized carbons (Fsp3) is 0.130. The minimum absolute atomic E-state index is 0.111. The van der Waals surface area contributed by atoms with Crippen LogP contribution >= 0.6 is 0 Å². The van der Waals surface area contributed by atoms with Gasteiger partial charge in [0, 0.05) is 33.0 Å². The number of hydrogen-bond donors (Lipinski definition) is 0. The highest BCUT2D eigenvalue weighted by atomic mass is 16.3. The number of hydrogen-bond acceptors (Lipinski definition) is 2. The Morgan fingerprint density at radius 3 is 1.92 bits per heavy atom. The van der Waals surface area contributed by atoms with Gasteiger partial charge in [0.15, 0.2) is 5.58 Å². The Morgan fingerprint density at radius 2 is 1.10 bits per heavy atom. The molecule has 0 bridgehead atoms. The van der Waals surface area contributed by atoms with Crippen molar-refractivity contribution in [1.82, 2.24) is 0 Å². The molecule has 48 heavy (non-hydrogen) atoms. The lowest BCUT2D eigenvalue weighted by molar-refractivity contribution is 0.639. The molecule has 10 rings (SSSR count). The van der Waals surface area contributed by atoms with Gasteiger partial charge in [-0.3, -0.25) is 0 Å². The SMILES string of the molecule is CC1(C)c2cc(N(c3ccccc3)c3cccc4c3oc3ccccc34)ccc2-c2cc3c(cc21)-c1cccc2cccc(c12)C3(C)C. The third-order valence-corrected chi connectivity index (χ3v) is 11.2. The lowest BCUT2D eigenvalue weighted by Crippen LogP contribution is -2.24. The molecular weight excluding hydrogens is 583 g/mol. The molecule has 0 amide bonds. The highest BCUT2D eigenvalue weighted by molar-refractivity contribution is 6.10. The summed E-state index contributed by atoms with van der Waals surface area (Å²) in [6.07, 6.45) is 0. The van der Waals surface area contributed by atoms with Gasteiger partial charge < -0.3 is 9.32 Å². The number of furan rings is 1. The molecule has 0 radical (unpaired) electrons. The van der Waals surface area contributed by atoms with Gasteiger partial charge in [0.05, 0.1) is 5.69 Å². The van der Waals surface area contributed by atoms with Crippen molar-refractivity contribution in [3.63, 3.8) is 0 Å². The number of fused-ring (bicyclic) bond motifs is 8. The second-order valence-electron chi connectivity index (χ2n) is 14.6. The summed E-state index contributed by atoms with van der Waals surface area (Å²) in [5, 5.41) is 4.97. The minimum atomic E-state index is -0.182. The van der Waals surface area contributed by atoms with Crippen molar-refractivity contribution in [2.24, 2.45) is 0 Å². The van der Waals surface area contributed by atoms with E-state index >= 15 is 0 Å². The van der Waals surface area contributed by atoms with Crippen molar-refractivity contribution in [2.45, 2.75) is 38.5 Å². The van der Waals surface area contributed by atoms with Crippen LogP contribution in [0.25, 0.3) is 55.0 Å². The average Bonchev–Trinajstić information content (AvgIpc) is 3.60. The van der Waals surface area contributed by atoms with Crippen LogP contribution in [0.5, 0.6) is 0 Å². The summed E-state index contributed by atoms with van der Waals surface area (Å²) in [7, 11) is 0. The zero-order chi connectivity index (χ0) is 32.4. The number of anilines is 3. The van der Waals surface area contributed by atoms with Crippen molar-refractivity contribution >= 4 is 49.8 Å². The van der Waals surface area contributed by atoms with Crippen LogP contribution in [0.1, 0.15) is 49.9 Å². The molecule has 230 valence electrons. The van der Waals surface area contributed by atoms with E-state index in [2.05, 4.69) is 166 Å². The first-order valence-electron chi connectivity index (χ1n) is 16.9. The van der Waals surface area contributed by atoms with Crippen LogP contribution in [-0.2, 0) is 10.8 Å². The zero-order valence-electron chi connectivity index (χ0n) is 27.6. The van der Waals surface area contributed by atoms with Crippen molar-refractivity contribution in [1.29, 1.82) is 0 Å². The lowest BCUT2D eigenvalue weighted by atomic mass is 9.67. The highest BCUT2D eigenvalue weighted by Gasteiger charge is 2.41. The predicted molar refractivity (Wildman–Crippen MR) is 201 cm³/mol. The Kier molecular flexibility index (Phi) is 5.44. The van der Waals surface area contributed by atoms with E-state index in [0.717, 1.165) is 39.0 Å². The first kappa shape index (κ1) is 27.5. The molecule has 1 heterocycles. The van der Waals surface area contributed by atoms with Crippen LogP contribution < -0.4 is 4.90 Å². The second kappa shape index (κ2) is 9.49. The summed E-state index contributed by atoms with van der Waals surface area (Å²) < 4.78 is 6.58. The van der Waals surface area contributed by atoms with E-state index in [0.29, 0.717) is 0 Å². The Bertz CT molecular complexity index is 2620. The molecule has 0 atom stereocenters. The molecule has 2 heteroatoms. The van der Waals surface area contributed by atoms with Crippen molar-refractivity contribution in [3.05, 3.63) is 162 Å². The van der Waals surface area contributed by atoms with E-state index in [4.69, 9.17) is 4.42 Å². The molecular formula is C46H35NO. The van der Waals surface area contributed by atoms with Crippen molar-refractivity contribution in [3.8, 4) is 22.3 Å². The van der Waals surface area contributed by atoms with E-state index in [9.17, 15) is 0 Å². The Hall–Kier alpha value is -5.60. The molecule has 0 saturated carbocycles. The molecule has 1 aromatic heterocycles. The molecule has 2 aliphatic carbocycles. The fourth-order valence-electron chi connectivity index (χ4n) is 8.79. The number of rotatable bonds is 3. The maximum absolute atomic E-state index is 6.58. The van der Waals surface area contributed by atoms with Crippen molar-refractivity contribution < 1.29 is 4.42 Å². The number of para-hydroxylation sites is 3. The van der Waals surface area contributed by atoms with Gasteiger partial charge in [-0.25, -0.2) is 0 Å². The predicted octanol–water partition coefficient (Wildman–Crippen LogP) is 12.8. The second-order valence-corrected chi connectivity index (χ2v) is 14.6. The maximum Gasteiger partial charge on any atom is 0.159 e. The van der Waals surface area contributed by atoms with Gasteiger partial charge in [-0.1, -0.05) is 119 Å². The summed E-state index contributed by atoms with van der Waals surface area (Å²) >= 11 is 0. The Labute approximate surface area is 280 Å². The van der Waals surface area contributed by atoms with Gasteiger partial charge in [0.2, 0.25) is 0 Å². The first-order chi connectivity index (χ1) is 23.3.